The van der Waals surface area contributed by atoms with Gasteiger partial charge in [0.1, 0.15) is 0 Å². The zero-order valence-electron chi connectivity index (χ0n) is 13.4. The van der Waals surface area contributed by atoms with Gasteiger partial charge in [-0.05, 0) is 36.8 Å². The van der Waals surface area contributed by atoms with Gasteiger partial charge >= 0.3 is 0 Å². The molecule has 0 spiro atoms. The van der Waals surface area contributed by atoms with Gasteiger partial charge in [0, 0.05) is 6.54 Å². The van der Waals surface area contributed by atoms with Crippen molar-refractivity contribution in [3.05, 3.63) is 47.5 Å². The van der Waals surface area contributed by atoms with Gasteiger partial charge in [-0.3, -0.25) is 0 Å². The van der Waals surface area contributed by atoms with Crippen molar-refractivity contribution >= 4 is 29.9 Å². The predicted octanol–water partition coefficient (Wildman–Crippen LogP) is 3.84. The van der Waals surface area contributed by atoms with Gasteiger partial charge < -0.3 is 11.1 Å². The Labute approximate surface area is 146 Å². The summed E-state index contributed by atoms with van der Waals surface area (Å²) in [6.45, 7) is 11.6. The van der Waals surface area contributed by atoms with Crippen LogP contribution >= 0.6 is 24.0 Å². The summed E-state index contributed by atoms with van der Waals surface area (Å²) in [4.78, 5) is 4.18. The van der Waals surface area contributed by atoms with Crippen molar-refractivity contribution in [1.82, 2.24) is 5.32 Å². The second kappa shape index (κ2) is 10.7. The van der Waals surface area contributed by atoms with Crippen LogP contribution in [0.25, 0.3) is 0 Å². The van der Waals surface area contributed by atoms with Crippen molar-refractivity contribution in [2.45, 2.75) is 39.5 Å². The van der Waals surface area contributed by atoms with E-state index < -0.39 is 0 Å². The molecule has 0 aliphatic carbocycles. The molecule has 0 radical (unpaired) electrons. The van der Waals surface area contributed by atoms with Crippen LogP contribution in [-0.4, -0.2) is 19.0 Å². The Bertz CT molecular complexity index is 450. The largest absolute Gasteiger partial charge is 0.370 e. The molecule has 0 heterocycles. The van der Waals surface area contributed by atoms with E-state index in [9.17, 15) is 0 Å². The number of guanidine groups is 1. The van der Waals surface area contributed by atoms with E-state index in [1.165, 1.54) is 11.1 Å². The molecule has 0 aliphatic heterocycles. The molecule has 118 valence electrons. The van der Waals surface area contributed by atoms with Gasteiger partial charge in [0.05, 0.1) is 6.54 Å². The number of hydrogen-bond donors (Lipinski definition) is 2. The zero-order chi connectivity index (χ0) is 15.0. The van der Waals surface area contributed by atoms with Gasteiger partial charge in [-0.1, -0.05) is 50.3 Å². The fourth-order valence-electron chi connectivity index (χ4n) is 1.85. The molecule has 0 saturated heterocycles. The standard InChI is InChI=1S/C17H27N3.HI/c1-13(2)12-20-17(18)19-11-5-6-15-7-9-16(10-8-15)14(3)4;/h7-10,14H,1,5-6,11-12H2,2-4H3,(H3,18,19,20);1H. The van der Waals surface area contributed by atoms with Crippen LogP contribution in [0.5, 0.6) is 0 Å². The molecule has 0 unspecified atom stereocenters. The molecule has 0 bridgehead atoms. The lowest BCUT2D eigenvalue weighted by atomic mass is 10.0. The van der Waals surface area contributed by atoms with Crippen LogP contribution in [0.15, 0.2) is 41.4 Å². The molecule has 0 amide bonds. The molecule has 0 aromatic heterocycles. The third-order valence-corrected chi connectivity index (χ3v) is 3.11. The highest BCUT2D eigenvalue weighted by molar-refractivity contribution is 14.0. The van der Waals surface area contributed by atoms with Gasteiger partial charge in [-0.15, -0.1) is 24.0 Å². The maximum absolute atomic E-state index is 5.75. The van der Waals surface area contributed by atoms with Crippen molar-refractivity contribution < 1.29 is 0 Å². The van der Waals surface area contributed by atoms with Crippen molar-refractivity contribution in [3.8, 4) is 0 Å². The van der Waals surface area contributed by atoms with Crippen molar-refractivity contribution in [2.24, 2.45) is 10.7 Å². The molecule has 21 heavy (non-hydrogen) atoms. The molecule has 0 saturated carbocycles. The number of rotatable bonds is 7. The lowest BCUT2D eigenvalue weighted by molar-refractivity contribution is 0.766. The monoisotopic (exact) mass is 401 g/mol. The Kier molecular flexibility index (Phi) is 10.1. The summed E-state index contributed by atoms with van der Waals surface area (Å²) in [6, 6.07) is 8.87. The Morgan fingerprint density at radius 1 is 1.29 bits per heavy atom. The average Bonchev–Trinajstić information content (AvgIpc) is 2.42. The van der Waals surface area contributed by atoms with Crippen LogP contribution in [0.1, 0.15) is 44.2 Å². The maximum Gasteiger partial charge on any atom is 0.188 e. The molecule has 0 aliphatic rings. The van der Waals surface area contributed by atoms with Gasteiger partial charge in [0.2, 0.25) is 0 Å². The molecular formula is C17H28IN3. The number of halogens is 1. The summed E-state index contributed by atoms with van der Waals surface area (Å²) < 4.78 is 0. The first-order valence-electron chi connectivity index (χ1n) is 7.26. The van der Waals surface area contributed by atoms with Crippen molar-refractivity contribution in [1.29, 1.82) is 0 Å². The van der Waals surface area contributed by atoms with Crippen LogP contribution in [0.4, 0.5) is 0 Å². The average molecular weight is 401 g/mol. The predicted molar refractivity (Wildman–Crippen MR) is 104 cm³/mol. The van der Waals surface area contributed by atoms with Crippen LogP contribution in [0.2, 0.25) is 0 Å². The third-order valence-electron chi connectivity index (χ3n) is 3.11. The summed E-state index contributed by atoms with van der Waals surface area (Å²) >= 11 is 0. The molecule has 0 atom stereocenters. The van der Waals surface area contributed by atoms with Gasteiger partial charge in [-0.25, -0.2) is 4.99 Å². The summed E-state index contributed by atoms with van der Waals surface area (Å²) in [6.07, 6.45) is 2.10. The SMILES string of the molecule is C=C(C)CN=C(N)NCCCc1ccc(C(C)C)cc1.I. The summed E-state index contributed by atoms with van der Waals surface area (Å²) in [5, 5.41) is 3.12. The van der Waals surface area contributed by atoms with E-state index >= 15 is 0 Å². The maximum atomic E-state index is 5.75. The molecule has 1 rings (SSSR count). The van der Waals surface area contributed by atoms with Gasteiger partial charge in [-0.2, -0.15) is 0 Å². The molecule has 0 fully saturated rings. The van der Waals surface area contributed by atoms with E-state index in [0.717, 1.165) is 25.0 Å². The van der Waals surface area contributed by atoms with E-state index in [4.69, 9.17) is 5.73 Å². The second-order valence-electron chi connectivity index (χ2n) is 5.59. The van der Waals surface area contributed by atoms with Crippen LogP contribution in [0.3, 0.4) is 0 Å². The normalized spacial score (nSPS) is 11.1. The summed E-state index contributed by atoms with van der Waals surface area (Å²) in [5.41, 5.74) is 9.53. The number of hydrogen-bond acceptors (Lipinski definition) is 1. The number of aryl methyl sites for hydroxylation is 1. The molecule has 3 N–H and O–H groups in total. The van der Waals surface area contributed by atoms with E-state index in [2.05, 4.69) is 55.0 Å². The van der Waals surface area contributed by atoms with Crippen molar-refractivity contribution in [3.63, 3.8) is 0 Å². The molecule has 4 heteroatoms. The number of benzene rings is 1. The van der Waals surface area contributed by atoms with Crippen LogP contribution in [-0.2, 0) is 6.42 Å². The number of nitrogens with two attached hydrogens (primary N) is 1. The highest BCUT2D eigenvalue weighted by Crippen LogP contribution is 2.15. The zero-order valence-corrected chi connectivity index (χ0v) is 15.7. The minimum atomic E-state index is 0. The smallest absolute Gasteiger partial charge is 0.188 e. The quantitative estimate of drug-likeness (QED) is 0.240. The van der Waals surface area contributed by atoms with Crippen LogP contribution < -0.4 is 11.1 Å². The summed E-state index contributed by atoms with van der Waals surface area (Å²) in [5.74, 6) is 1.10. The summed E-state index contributed by atoms with van der Waals surface area (Å²) in [7, 11) is 0. The van der Waals surface area contributed by atoms with E-state index in [0.29, 0.717) is 18.4 Å². The third kappa shape index (κ3) is 8.75. The lowest BCUT2D eigenvalue weighted by Gasteiger charge is -2.08. The lowest BCUT2D eigenvalue weighted by Crippen LogP contribution is -2.32. The number of aliphatic imine (C=N–C) groups is 1. The van der Waals surface area contributed by atoms with Crippen LogP contribution in [0, 0.1) is 0 Å². The van der Waals surface area contributed by atoms with Gasteiger partial charge in [0.25, 0.3) is 0 Å². The first-order chi connectivity index (χ1) is 9.49. The molecule has 1 aromatic carbocycles. The fourth-order valence-corrected chi connectivity index (χ4v) is 1.85. The first-order valence-corrected chi connectivity index (χ1v) is 7.26. The fraction of sp³-hybridized carbons (Fsp3) is 0.471. The Balaban J connectivity index is 0.00000400. The van der Waals surface area contributed by atoms with Gasteiger partial charge in [0.15, 0.2) is 5.96 Å². The number of nitrogens with zero attached hydrogens (tertiary/aromatic N) is 1. The Morgan fingerprint density at radius 3 is 2.43 bits per heavy atom. The second-order valence-corrected chi connectivity index (χ2v) is 5.59. The highest BCUT2D eigenvalue weighted by atomic mass is 127. The Morgan fingerprint density at radius 2 is 1.90 bits per heavy atom. The highest BCUT2D eigenvalue weighted by Gasteiger charge is 1.99. The molecular weight excluding hydrogens is 373 g/mol. The number of nitrogens with one attached hydrogen (secondary N) is 1. The van der Waals surface area contributed by atoms with E-state index in [1.54, 1.807) is 0 Å². The first kappa shape index (κ1) is 20.0. The topological polar surface area (TPSA) is 50.4 Å². The Hall–Kier alpha value is -1.04. The minimum absolute atomic E-state index is 0. The van der Waals surface area contributed by atoms with Crippen molar-refractivity contribution in [2.75, 3.05) is 13.1 Å². The van der Waals surface area contributed by atoms with E-state index in [-0.39, 0.29) is 24.0 Å². The minimum Gasteiger partial charge on any atom is -0.370 e. The van der Waals surface area contributed by atoms with E-state index in [1.807, 2.05) is 6.92 Å². The molecule has 1 aromatic rings. The molecule has 3 nitrogen and oxygen atoms in total.